The summed E-state index contributed by atoms with van der Waals surface area (Å²) in [4.78, 5) is 36.4. The van der Waals surface area contributed by atoms with E-state index in [-0.39, 0.29) is 36.1 Å². The van der Waals surface area contributed by atoms with Gasteiger partial charge < -0.3 is 21.7 Å². The van der Waals surface area contributed by atoms with Gasteiger partial charge in [0, 0.05) is 19.5 Å². The van der Waals surface area contributed by atoms with Crippen LogP contribution in [0.2, 0.25) is 0 Å². The van der Waals surface area contributed by atoms with Crippen LogP contribution in [0.3, 0.4) is 0 Å². The topological polar surface area (TPSA) is 119 Å². The summed E-state index contributed by atoms with van der Waals surface area (Å²) in [5, 5.41) is 2.57. The van der Waals surface area contributed by atoms with Crippen LogP contribution in [-0.2, 0) is 14.4 Å². The van der Waals surface area contributed by atoms with Gasteiger partial charge in [0.15, 0.2) is 0 Å². The minimum atomic E-state index is -0.609. The molecule has 3 amide bonds. The predicted octanol–water partition coefficient (Wildman–Crippen LogP) is -0.800. The molecule has 0 aliphatic carbocycles. The van der Waals surface area contributed by atoms with Crippen LogP contribution in [0.5, 0.6) is 0 Å². The lowest BCUT2D eigenvalue weighted by atomic mass is 9.94. The molecule has 1 aliphatic rings. The summed E-state index contributed by atoms with van der Waals surface area (Å²) in [6, 6.07) is -0.609. The number of primary amides is 1. The Labute approximate surface area is 125 Å². The van der Waals surface area contributed by atoms with Gasteiger partial charge >= 0.3 is 0 Å². The van der Waals surface area contributed by atoms with E-state index in [1.807, 2.05) is 13.8 Å². The van der Waals surface area contributed by atoms with Crippen LogP contribution in [-0.4, -0.2) is 48.3 Å². The SMILES string of the molecule is CC(C)[C@H](N)C(=O)NCC(=O)N1CCCC(CC(N)=O)C1. The zero-order chi connectivity index (χ0) is 16.0. The van der Waals surface area contributed by atoms with Crippen LogP contribution in [0.4, 0.5) is 0 Å². The Hall–Kier alpha value is -1.63. The number of amides is 3. The van der Waals surface area contributed by atoms with Crippen molar-refractivity contribution in [3.05, 3.63) is 0 Å². The molecule has 0 aromatic heterocycles. The lowest BCUT2D eigenvalue weighted by Gasteiger charge is -2.32. The second kappa shape index (κ2) is 7.97. The molecular formula is C14H26N4O3. The van der Waals surface area contributed by atoms with Gasteiger partial charge in [0.25, 0.3) is 0 Å². The minimum Gasteiger partial charge on any atom is -0.370 e. The number of hydrogen-bond acceptors (Lipinski definition) is 4. The van der Waals surface area contributed by atoms with Crippen molar-refractivity contribution in [3.63, 3.8) is 0 Å². The molecule has 1 aliphatic heterocycles. The van der Waals surface area contributed by atoms with E-state index in [9.17, 15) is 14.4 Å². The van der Waals surface area contributed by atoms with Crippen LogP contribution >= 0.6 is 0 Å². The van der Waals surface area contributed by atoms with Gasteiger partial charge in [-0.2, -0.15) is 0 Å². The number of rotatable bonds is 6. The van der Waals surface area contributed by atoms with Crippen LogP contribution < -0.4 is 16.8 Å². The quantitative estimate of drug-likeness (QED) is 0.595. The maximum absolute atomic E-state index is 12.1. The van der Waals surface area contributed by atoms with Gasteiger partial charge in [0.2, 0.25) is 17.7 Å². The molecule has 0 saturated carbocycles. The summed E-state index contributed by atoms with van der Waals surface area (Å²) in [6.07, 6.45) is 2.05. The maximum Gasteiger partial charge on any atom is 0.241 e. The summed E-state index contributed by atoms with van der Waals surface area (Å²) in [6.45, 7) is 4.83. The maximum atomic E-state index is 12.1. The van der Waals surface area contributed by atoms with E-state index in [1.165, 1.54) is 0 Å². The van der Waals surface area contributed by atoms with E-state index in [0.717, 1.165) is 12.8 Å². The zero-order valence-corrected chi connectivity index (χ0v) is 12.8. The molecule has 0 aromatic rings. The van der Waals surface area contributed by atoms with Crippen molar-refractivity contribution in [1.29, 1.82) is 0 Å². The van der Waals surface area contributed by atoms with Gasteiger partial charge in [-0.3, -0.25) is 14.4 Å². The second-order valence-electron chi connectivity index (χ2n) is 6.01. The third kappa shape index (κ3) is 5.71. The molecule has 7 nitrogen and oxygen atoms in total. The molecule has 2 atom stereocenters. The number of nitrogens with zero attached hydrogens (tertiary/aromatic N) is 1. The largest absolute Gasteiger partial charge is 0.370 e. The summed E-state index contributed by atoms with van der Waals surface area (Å²) in [5.74, 6) is -0.660. The van der Waals surface area contributed by atoms with E-state index in [4.69, 9.17) is 11.5 Å². The number of nitrogens with one attached hydrogen (secondary N) is 1. The van der Waals surface area contributed by atoms with Crippen molar-refractivity contribution in [1.82, 2.24) is 10.2 Å². The molecule has 1 saturated heterocycles. The average Bonchev–Trinajstić information content (AvgIpc) is 2.42. The molecule has 21 heavy (non-hydrogen) atoms. The van der Waals surface area contributed by atoms with Gasteiger partial charge in [-0.25, -0.2) is 0 Å². The Kier molecular flexibility index (Phi) is 6.61. The van der Waals surface area contributed by atoms with Gasteiger partial charge in [-0.1, -0.05) is 13.8 Å². The molecule has 120 valence electrons. The Morgan fingerprint density at radius 2 is 2.00 bits per heavy atom. The lowest BCUT2D eigenvalue weighted by molar-refractivity contribution is -0.135. The van der Waals surface area contributed by atoms with Crippen molar-refractivity contribution in [2.45, 2.75) is 39.2 Å². The first-order valence-corrected chi connectivity index (χ1v) is 7.40. The number of nitrogens with two attached hydrogens (primary N) is 2. The molecule has 0 radical (unpaired) electrons. The summed E-state index contributed by atoms with van der Waals surface area (Å²) in [7, 11) is 0. The highest BCUT2D eigenvalue weighted by molar-refractivity contribution is 5.87. The number of carbonyl (C=O) groups is 3. The van der Waals surface area contributed by atoms with E-state index in [0.29, 0.717) is 19.5 Å². The molecule has 1 unspecified atom stereocenters. The van der Waals surface area contributed by atoms with Gasteiger partial charge in [-0.05, 0) is 24.7 Å². The number of hydrogen-bond donors (Lipinski definition) is 3. The van der Waals surface area contributed by atoms with Crippen molar-refractivity contribution in [2.24, 2.45) is 23.3 Å². The molecule has 5 N–H and O–H groups in total. The molecule has 7 heteroatoms. The number of carbonyl (C=O) groups excluding carboxylic acids is 3. The highest BCUT2D eigenvalue weighted by atomic mass is 16.2. The third-order valence-electron chi connectivity index (χ3n) is 3.80. The fourth-order valence-electron chi connectivity index (χ4n) is 2.44. The first-order chi connectivity index (χ1) is 9.81. The van der Waals surface area contributed by atoms with Crippen LogP contribution in [0.25, 0.3) is 0 Å². The fourth-order valence-corrected chi connectivity index (χ4v) is 2.44. The standard InChI is InChI=1S/C14H26N4O3/c1-9(2)13(16)14(21)17-7-12(20)18-5-3-4-10(8-18)6-11(15)19/h9-10,13H,3-8,16H2,1-2H3,(H2,15,19)(H,17,21)/t10?,13-/m0/s1. The fraction of sp³-hybridized carbons (Fsp3) is 0.786. The first-order valence-electron chi connectivity index (χ1n) is 7.40. The van der Waals surface area contributed by atoms with Crippen molar-refractivity contribution >= 4 is 17.7 Å². The zero-order valence-electron chi connectivity index (χ0n) is 12.8. The predicted molar refractivity (Wildman–Crippen MR) is 78.9 cm³/mol. The van der Waals surface area contributed by atoms with E-state index >= 15 is 0 Å². The Bertz CT molecular complexity index is 398. The van der Waals surface area contributed by atoms with Crippen molar-refractivity contribution in [3.8, 4) is 0 Å². The normalized spacial score (nSPS) is 20.2. The van der Waals surface area contributed by atoms with Crippen molar-refractivity contribution < 1.29 is 14.4 Å². The van der Waals surface area contributed by atoms with Gasteiger partial charge in [0.1, 0.15) is 0 Å². The van der Waals surface area contributed by atoms with Crippen LogP contribution in [0, 0.1) is 11.8 Å². The smallest absolute Gasteiger partial charge is 0.241 e. The minimum absolute atomic E-state index is 0.0232. The highest BCUT2D eigenvalue weighted by Crippen LogP contribution is 2.19. The Morgan fingerprint density at radius 1 is 1.33 bits per heavy atom. The van der Waals surface area contributed by atoms with Crippen LogP contribution in [0.1, 0.15) is 33.1 Å². The van der Waals surface area contributed by atoms with E-state index in [1.54, 1.807) is 4.90 Å². The average molecular weight is 298 g/mol. The first kappa shape index (κ1) is 17.4. The summed E-state index contributed by atoms with van der Waals surface area (Å²) in [5.41, 5.74) is 10.9. The van der Waals surface area contributed by atoms with E-state index < -0.39 is 6.04 Å². The van der Waals surface area contributed by atoms with Crippen molar-refractivity contribution in [2.75, 3.05) is 19.6 Å². The van der Waals surface area contributed by atoms with E-state index in [2.05, 4.69) is 5.32 Å². The molecule has 1 fully saturated rings. The summed E-state index contributed by atoms with van der Waals surface area (Å²) >= 11 is 0. The van der Waals surface area contributed by atoms with Crippen LogP contribution in [0.15, 0.2) is 0 Å². The summed E-state index contributed by atoms with van der Waals surface area (Å²) < 4.78 is 0. The molecule has 0 spiro atoms. The second-order valence-corrected chi connectivity index (χ2v) is 6.01. The lowest BCUT2D eigenvalue weighted by Crippen LogP contribution is -2.49. The molecule has 0 aromatic carbocycles. The number of likely N-dealkylation sites (tertiary alicyclic amines) is 1. The Balaban J connectivity index is 2.41. The number of piperidine rings is 1. The molecule has 1 rings (SSSR count). The monoisotopic (exact) mass is 298 g/mol. The highest BCUT2D eigenvalue weighted by Gasteiger charge is 2.25. The van der Waals surface area contributed by atoms with Gasteiger partial charge in [-0.15, -0.1) is 0 Å². The molecule has 0 bridgehead atoms. The third-order valence-corrected chi connectivity index (χ3v) is 3.80. The Morgan fingerprint density at radius 3 is 2.57 bits per heavy atom. The van der Waals surface area contributed by atoms with Gasteiger partial charge in [0.05, 0.1) is 12.6 Å². The molecule has 1 heterocycles. The molecular weight excluding hydrogens is 272 g/mol.